The molecule has 2 N–H and O–H groups in total. The summed E-state index contributed by atoms with van der Waals surface area (Å²) >= 11 is 0. The van der Waals surface area contributed by atoms with Crippen molar-refractivity contribution in [3.05, 3.63) is 71.3 Å². The third-order valence-electron chi connectivity index (χ3n) is 4.79. The molecule has 0 aliphatic heterocycles. The number of ether oxygens (including phenoxy) is 1. The number of amides is 1. The van der Waals surface area contributed by atoms with Gasteiger partial charge in [-0.1, -0.05) is 37.6 Å². The van der Waals surface area contributed by atoms with Gasteiger partial charge in [-0.05, 0) is 31.5 Å². The molecule has 0 atom stereocenters. The molecule has 3 aromatic rings. The van der Waals surface area contributed by atoms with Crippen LogP contribution in [0.25, 0.3) is 11.1 Å². The van der Waals surface area contributed by atoms with Gasteiger partial charge in [-0.15, -0.1) is 0 Å². The topological polar surface area (TPSA) is 70.1 Å². The SMILES string of the molecule is CCCc1c(-c2ccccc2OC)c(C(N)=O)c(C)n1Cc1ccccn1. The van der Waals surface area contributed by atoms with E-state index in [1.165, 1.54) is 0 Å². The van der Waals surface area contributed by atoms with Crippen molar-refractivity contribution in [2.45, 2.75) is 33.2 Å². The summed E-state index contributed by atoms with van der Waals surface area (Å²) in [6.07, 6.45) is 3.56. The number of aromatic nitrogens is 2. The summed E-state index contributed by atoms with van der Waals surface area (Å²) in [4.78, 5) is 16.8. The van der Waals surface area contributed by atoms with Crippen LogP contribution in [-0.4, -0.2) is 22.6 Å². The first-order valence-electron chi connectivity index (χ1n) is 9.13. The zero-order chi connectivity index (χ0) is 19.4. The highest BCUT2D eigenvalue weighted by atomic mass is 16.5. The predicted molar refractivity (Wildman–Crippen MR) is 107 cm³/mol. The van der Waals surface area contributed by atoms with Gasteiger partial charge in [0.2, 0.25) is 0 Å². The summed E-state index contributed by atoms with van der Waals surface area (Å²) in [5, 5.41) is 0. The molecule has 0 aliphatic rings. The van der Waals surface area contributed by atoms with Gasteiger partial charge in [0.25, 0.3) is 5.91 Å². The molecule has 0 saturated carbocycles. The van der Waals surface area contributed by atoms with Crippen molar-refractivity contribution in [1.29, 1.82) is 0 Å². The minimum absolute atomic E-state index is 0.425. The molecular formula is C22H25N3O2. The molecule has 0 aliphatic carbocycles. The van der Waals surface area contributed by atoms with Crippen molar-refractivity contribution in [3.8, 4) is 16.9 Å². The molecule has 1 amide bonds. The smallest absolute Gasteiger partial charge is 0.251 e. The highest BCUT2D eigenvalue weighted by Crippen LogP contribution is 2.38. The third kappa shape index (κ3) is 3.58. The molecule has 0 bridgehead atoms. The van der Waals surface area contributed by atoms with E-state index in [0.717, 1.165) is 46.8 Å². The molecule has 0 fully saturated rings. The first-order valence-corrected chi connectivity index (χ1v) is 9.13. The van der Waals surface area contributed by atoms with Crippen molar-refractivity contribution in [1.82, 2.24) is 9.55 Å². The van der Waals surface area contributed by atoms with E-state index in [1.807, 2.05) is 49.4 Å². The summed E-state index contributed by atoms with van der Waals surface area (Å²) in [7, 11) is 1.64. The van der Waals surface area contributed by atoms with Gasteiger partial charge >= 0.3 is 0 Å². The summed E-state index contributed by atoms with van der Waals surface area (Å²) in [6, 6.07) is 13.6. The second-order valence-electron chi connectivity index (χ2n) is 6.50. The number of pyridine rings is 1. The van der Waals surface area contributed by atoms with Crippen molar-refractivity contribution < 1.29 is 9.53 Å². The van der Waals surface area contributed by atoms with Gasteiger partial charge in [-0.25, -0.2) is 0 Å². The number of primary amides is 1. The third-order valence-corrected chi connectivity index (χ3v) is 4.79. The summed E-state index contributed by atoms with van der Waals surface area (Å²) in [6.45, 7) is 4.67. The average Bonchev–Trinajstić information content (AvgIpc) is 2.95. The Balaban J connectivity index is 2.28. The first-order chi connectivity index (χ1) is 13.1. The Kier molecular flexibility index (Phi) is 5.60. The predicted octanol–water partition coefficient (Wildman–Crippen LogP) is 3.97. The molecule has 2 aromatic heterocycles. The van der Waals surface area contributed by atoms with Crippen molar-refractivity contribution in [2.75, 3.05) is 7.11 Å². The minimum Gasteiger partial charge on any atom is -0.496 e. The van der Waals surface area contributed by atoms with Crippen LogP contribution in [0.3, 0.4) is 0 Å². The highest BCUT2D eigenvalue weighted by Gasteiger charge is 2.26. The molecule has 140 valence electrons. The minimum atomic E-state index is -0.425. The van der Waals surface area contributed by atoms with Crippen molar-refractivity contribution >= 4 is 5.91 Å². The number of nitrogens with two attached hydrogens (primary N) is 1. The zero-order valence-electron chi connectivity index (χ0n) is 16.0. The van der Waals surface area contributed by atoms with Gasteiger partial charge in [0, 0.05) is 28.7 Å². The van der Waals surface area contributed by atoms with Gasteiger partial charge in [-0.3, -0.25) is 9.78 Å². The Morgan fingerprint density at radius 2 is 1.93 bits per heavy atom. The quantitative estimate of drug-likeness (QED) is 0.690. The second kappa shape index (κ2) is 8.08. The zero-order valence-corrected chi connectivity index (χ0v) is 16.0. The molecule has 5 heteroatoms. The Bertz CT molecular complexity index is 946. The number of hydrogen-bond donors (Lipinski definition) is 1. The molecule has 27 heavy (non-hydrogen) atoms. The molecule has 0 spiro atoms. The number of para-hydroxylation sites is 1. The van der Waals surface area contributed by atoms with Gasteiger partial charge in [0.05, 0.1) is 24.9 Å². The fourth-order valence-corrected chi connectivity index (χ4v) is 3.60. The van der Waals surface area contributed by atoms with Gasteiger partial charge < -0.3 is 15.0 Å². The van der Waals surface area contributed by atoms with E-state index in [9.17, 15) is 4.79 Å². The second-order valence-corrected chi connectivity index (χ2v) is 6.50. The summed E-state index contributed by atoms with van der Waals surface area (Å²) in [5.74, 6) is 0.304. The highest BCUT2D eigenvalue weighted by molar-refractivity contribution is 6.03. The van der Waals surface area contributed by atoms with E-state index in [2.05, 4.69) is 16.5 Å². The van der Waals surface area contributed by atoms with Crippen LogP contribution in [0, 0.1) is 6.92 Å². The number of nitrogens with zero attached hydrogens (tertiary/aromatic N) is 2. The number of hydrogen-bond acceptors (Lipinski definition) is 3. The molecule has 0 saturated heterocycles. The van der Waals surface area contributed by atoms with E-state index in [0.29, 0.717) is 12.1 Å². The van der Waals surface area contributed by atoms with Crippen LogP contribution in [0.2, 0.25) is 0 Å². The monoisotopic (exact) mass is 363 g/mol. The maximum absolute atomic E-state index is 12.4. The van der Waals surface area contributed by atoms with E-state index in [1.54, 1.807) is 13.3 Å². The maximum atomic E-state index is 12.4. The average molecular weight is 363 g/mol. The van der Waals surface area contributed by atoms with Gasteiger partial charge in [0.1, 0.15) is 5.75 Å². The lowest BCUT2D eigenvalue weighted by atomic mass is 9.97. The molecule has 0 radical (unpaired) electrons. The molecule has 1 aromatic carbocycles. The maximum Gasteiger partial charge on any atom is 0.251 e. The number of benzene rings is 1. The summed E-state index contributed by atoms with van der Waals surface area (Å²) in [5.41, 5.74) is 11.0. The molecule has 0 unspecified atom stereocenters. The van der Waals surface area contributed by atoms with Crippen molar-refractivity contribution in [3.63, 3.8) is 0 Å². The van der Waals surface area contributed by atoms with Crippen LogP contribution in [0.1, 0.15) is 40.8 Å². The van der Waals surface area contributed by atoms with Crippen LogP contribution < -0.4 is 10.5 Å². The van der Waals surface area contributed by atoms with E-state index < -0.39 is 5.91 Å². The standard InChI is InChI=1S/C22H25N3O2/c1-4-9-18-21(17-11-5-6-12-19(17)27-3)20(22(23)26)15(2)25(18)14-16-10-7-8-13-24-16/h5-8,10-13H,4,9,14H2,1-3H3,(H2,23,26). The van der Waals surface area contributed by atoms with E-state index in [4.69, 9.17) is 10.5 Å². The van der Waals surface area contributed by atoms with Crippen LogP contribution in [-0.2, 0) is 13.0 Å². The van der Waals surface area contributed by atoms with E-state index >= 15 is 0 Å². The van der Waals surface area contributed by atoms with Crippen LogP contribution >= 0.6 is 0 Å². The Morgan fingerprint density at radius 1 is 1.19 bits per heavy atom. The lowest BCUT2D eigenvalue weighted by Crippen LogP contribution is -2.14. The molecule has 3 rings (SSSR count). The Morgan fingerprint density at radius 3 is 2.56 bits per heavy atom. The van der Waals surface area contributed by atoms with Gasteiger partial charge in [-0.2, -0.15) is 0 Å². The number of methoxy groups -OCH3 is 1. The Hall–Kier alpha value is -3.08. The van der Waals surface area contributed by atoms with Crippen molar-refractivity contribution in [2.24, 2.45) is 5.73 Å². The molecule has 5 nitrogen and oxygen atoms in total. The number of rotatable bonds is 7. The number of carbonyl (C=O) groups is 1. The largest absolute Gasteiger partial charge is 0.496 e. The molecular weight excluding hydrogens is 338 g/mol. The van der Waals surface area contributed by atoms with Crippen LogP contribution in [0.5, 0.6) is 5.75 Å². The Labute approximate surface area is 159 Å². The van der Waals surface area contributed by atoms with Gasteiger partial charge in [0.15, 0.2) is 0 Å². The molecule has 2 heterocycles. The van der Waals surface area contributed by atoms with E-state index in [-0.39, 0.29) is 0 Å². The first kappa shape index (κ1) is 18.7. The fraction of sp³-hybridized carbons (Fsp3) is 0.273. The van der Waals surface area contributed by atoms with Crippen LogP contribution in [0.4, 0.5) is 0 Å². The lowest BCUT2D eigenvalue weighted by molar-refractivity contribution is 0.1000. The number of carbonyl (C=O) groups excluding carboxylic acids is 1. The summed E-state index contributed by atoms with van der Waals surface area (Å²) < 4.78 is 7.72. The fourth-order valence-electron chi connectivity index (χ4n) is 3.60. The lowest BCUT2D eigenvalue weighted by Gasteiger charge is -2.14. The van der Waals surface area contributed by atoms with Crippen LogP contribution in [0.15, 0.2) is 48.7 Å². The normalized spacial score (nSPS) is 10.8.